The third-order valence-corrected chi connectivity index (χ3v) is 3.45. The molecule has 0 bridgehead atoms. The van der Waals surface area contributed by atoms with Crippen molar-refractivity contribution in [2.24, 2.45) is 0 Å². The molecule has 2 nitrogen and oxygen atoms in total. The highest BCUT2D eigenvalue weighted by atomic mass is 35.5. The van der Waals surface area contributed by atoms with Crippen LogP contribution in [0.2, 0.25) is 5.15 Å². The maximum atomic E-state index is 5.91. The average molecular weight is 275 g/mol. The molecule has 1 aromatic carbocycles. The zero-order valence-electron chi connectivity index (χ0n) is 11.4. The van der Waals surface area contributed by atoms with Crippen LogP contribution in [-0.4, -0.2) is 4.98 Å². The summed E-state index contributed by atoms with van der Waals surface area (Å²) in [5.74, 6) is 0.818. The maximum Gasteiger partial charge on any atom is 0.131 e. The fraction of sp³-hybridized carbons (Fsp3) is 0.312. The van der Waals surface area contributed by atoms with Gasteiger partial charge in [0.1, 0.15) is 11.0 Å². The predicted molar refractivity (Wildman–Crippen MR) is 81.7 cm³/mol. The van der Waals surface area contributed by atoms with Crippen LogP contribution in [0.3, 0.4) is 0 Å². The topological polar surface area (TPSA) is 24.9 Å². The molecule has 0 spiro atoms. The highest BCUT2D eigenvalue weighted by Crippen LogP contribution is 2.22. The molecule has 3 heteroatoms. The second kappa shape index (κ2) is 6.58. The molecule has 0 saturated carbocycles. The van der Waals surface area contributed by atoms with Crippen molar-refractivity contribution >= 4 is 17.4 Å². The molecule has 0 aliphatic heterocycles. The predicted octanol–water partition coefficient (Wildman–Crippen LogP) is 4.86. The molecule has 0 aliphatic rings. The van der Waals surface area contributed by atoms with E-state index in [1.807, 2.05) is 12.1 Å². The second-order valence-corrected chi connectivity index (χ2v) is 4.93. The summed E-state index contributed by atoms with van der Waals surface area (Å²) in [5.41, 5.74) is 2.64. The maximum absolute atomic E-state index is 5.91. The smallest absolute Gasteiger partial charge is 0.131 e. The number of hydrogen-bond acceptors (Lipinski definition) is 2. The second-order valence-electron chi connectivity index (χ2n) is 4.55. The van der Waals surface area contributed by atoms with Crippen LogP contribution in [0.1, 0.15) is 37.4 Å². The molecule has 0 saturated heterocycles. The number of anilines is 1. The molecule has 100 valence electrons. The van der Waals surface area contributed by atoms with Crippen LogP contribution < -0.4 is 5.32 Å². The summed E-state index contributed by atoms with van der Waals surface area (Å²) < 4.78 is 0. The Bertz CT molecular complexity index is 523. The Hall–Kier alpha value is -1.54. The minimum absolute atomic E-state index is 0.261. The highest BCUT2D eigenvalue weighted by molar-refractivity contribution is 6.29. The molecule has 1 unspecified atom stereocenters. The SMILES string of the molecule is CCc1ccc(C(CC)Nc2cccc(Cl)n2)cc1. The Balaban J connectivity index is 2.15. The van der Waals surface area contributed by atoms with E-state index < -0.39 is 0 Å². The van der Waals surface area contributed by atoms with Crippen molar-refractivity contribution in [2.45, 2.75) is 32.7 Å². The first-order chi connectivity index (χ1) is 9.22. The van der Waals surface area contributed by atoms with Gasteiger partial charge in [-0.05, 0) is 36.1 Å². The summed E-state index contributed by atoms with van der Waals surface area (Å²) in [7, 11) is 0. The summed E-state index contributed by atoms with van der Waals surface area (Å²) in [6.45, 7) is 4.33. The molecular formula is C16H19ClN2. The number of hydrogen-bond donors (Lipinski definition) is 1. The molecule has 0 radical (unpaired) electrons. The minimum Gasteiger partial charge on any atom is -0.363 e. The van der Waals surface area contributed by atoms with Crippen LogP contribution in [-0.2, 0) is 6.42 Å². The first-order valence-corrected chi connectivity index (χ1v) is 7.08. The Morgan fingerprint density at radius 1 is 1.11 bits per heavy atom. The van der Waals surface area contributed by atoms with E-state index in [0.717, 1.165) is 18.7 Å². The van der Waals surface area contributed by atoms with Gasteiger partial charge in [0.15, 0.2) is 0 Å². The van der Waals surface area contributed by atoms with E-state index in [1.54, 1.807) is 6.07 Å². The van der Waals surface area contributed by atoms with E-state index in [0.29, 0.717) is 5.15 Å². The van der Waals surface area contributed by atoms with Gasteiger partial charge in [0.05, 0.1) is 6.04 Å². The van der Waals surface area contributed by atoms with Crippen LogP contribution in [0, 0.1) is 0 Å². The molecule has 1 aromatic heterocycles. The van der Waals surface area contributed by atoms with Crippen molar-refractivity contribution < 1.29 is 0 Å². The third kappa shape index (κ3) is 3.71. The highest BCUT2D eigenvalue weighted by Gasteiger charge is 2.09. The van der Waals surface area contributed by atoms with Gasteiger partial charge in [0, 0.05) is 0 Å². The lowest BCUT2D eigenvalue weighted by atomic mass is 10.0. The Kier molecular flexibility index (Phi) is 4.80. The van der Waals surface area contributed by atoms with Gasteiger partial charge in [-0.25, -0.2) is 4.98 Å². The molecule has 1 atom stereocenters. The van der Waals surface area contributed by atoms with Crippen molar-refractivity contribution in [1.82, 2.24) is 4.98 Å². The fourth-order valence-electron chi connectivity index (χ4n) is 2.07. The van der Waals surface area contributed by atoms with Crippen LogP contribution in [0.5, 0.6) is 0 Å². The molecule has 1 N–H and O–H groups in total. The van der Waals surface area contributed by atoms with Crippen LogP contribution in [0.25, 0.3) is 0 Å². The molecule has 2 aromatic rings. The number of pyridine rings is 1. The normalized spacial score (nSPS) is 12.2. The number of nitrogens with zero attached hydrogens (tertiary/aromatic N) is 1. The summed E-state index contributed by atoms with van der Waals surface area (Å²) in [6, 6.07) is 14.6. The number of nitrogens with one attached hydrogen (secondary N) is 1. The van der Waals surface area contributed by atoms with Gasteiger partial charge in [-0.3, -0.25) is 0 Å². The van der Waals surface area contributed by atoms with E-state index in [9.17, 15) is 0 Å². The summed E-state index contributed by atoms with van der Waals surface area (Å²) in [4.78, 5) is 4.27. The number of halogens is 1. The monoisotopic (exact) mass is 274 g/mol. The quantitative estimate of drug-likeness (QED) is 0.788. The van der Waals surface area contributed by atoms with Gasteiger partial charge < -0.3 is 5.32 Å². The fourth-order valence-corrected chi connectivity index (χ4v) is 2.24. The van der Waals surface area contributed by atoms with E-state index in [1.165, 1.54) is 11.1 Å². The molecule has 0 fully saturated rings. The minimum atomic E-state index is 0.261. The average Bonchev–Trinajstić information content (AvgIpc) is 2.45. The lowest BCUT2D eigenvalue weighted by Gasteiger charge is -2.18. The number of aromatic nitrogens is 1. The molecular weight excluding hydrogens is 256 g/mol. The van der Waals surface area contributed by atoms with E-state index in [-0.39, 0.29) is 6.04 Å². The van der Waals surface area contributed by atoms with Gasteiger partial charge in [0.2, 0.25) is 0 Å². The van der Waals surface area contributed by atoms with Crippen LogP contribution in [0.15, 0.2) is 42.5 Å². The number of aryl methyl sites for hydroxylation is 1. The van der Waals surface area contributed by atoms with Gasteiger partial charge in [0.25, 0.3) is 0 Å². The first-order valence-electron chi connectivity index (χ1n) is 6.70. The van der Waals surface area contributed by atoms with Crippen molar-refractivity contribution in [3.8, 4) is 0 Å². The first kappa shape index (κ1) is 13.9. The van der Waals surface area contributed by atoms with Crippen LogP contribution >= 0.6 is 11.6 Å². The van der Waals surface area contributed by atoms with Gasteiger partial charge in [-0.2, -0.15) is 0 Å². The van der Waals surface area contributed by atoms with Crippen molar-refractivity contribution in [3.63, 3.8) is 0 Å². The van der Waals surface area contributed by atoms with E-state index >= 15 is 0 Å². The lowest BCUT2D eigenvalue weighted by Crippen LogP contribution is -2.10. The summed E-state index contributed by atoms with van der Waals surface area (Å²) >= 11 is 5.91. The Morgan fingerprint density at radius 3 is 2.42 bits per heavy atom. The number of benzene rings is 1. The van der Waals surface area contributed by atoms with E-state index in [4.69, 9.17) is 11.6 Å². The Labute approximate surface area is 119 Å². The third-order valence-electron chi connectivity index (χ3n) is 3.24. The zero-order valence-corrected chi connectivity index (χ0v) is 12.1. The zero-order chi connectivity index (χ0) is 13.7. The lowest BCUT2D eigenvalue weighted by molar-refractivity contribution is 0.744. The van der Waals surface area contributed by atoms with Crippen molar-refractivity contribution in [2.75, 3.05) is 5.32 Å². The summed E-state index contributed by atoms with van der Waals surface area (Å²) in [5, 5.41) is 3.94. The van der Waals surface area contributed by atoms with Gasteiger partial charge >= 0.3 is 0 Å². The molecule has 0 amide bonds. The van der Waals surface area contributed by atoms with Gasteiger partial charge in [-0.1, -0.05) is 55.8 Å². The number of rotatable bonds is 5. The van der Waals surface area contributed by atoms with Crippen LogP contribution in [0.4, 0.5) is 5.82 Å². The molecule has 2 rings (SSSR count). The standard InChI is InChI=1S/C16H19ClN2/c1-3-12-8-10-13(11-9-12)14(4-2)18-16-7-5-6-15(17)19-16/h5-11,14H,3-4H2,1-2H3,(H,18,19). The van der Waals surface area contributed by atoms with Crippen molar-refractivity contribution in [3.05, 3.63) is 58.7 Å². The van der Waals surface area contributed by atoms with Crippen molar-refractivity contribution in [1.29, 1.82) is 0 Å². The van der Waals surface area contributed by atoms with Gasteiger partial charge in [-0.15, -0.1) is 0 Å². The Morgan fingerprint density at radius 2 is 1.84 bits per heavy atom. The molecule has 0 aliphatic carbocycles. The largest absolute Gasteiger partial charge is 0.363 e. The molecule has 19 heavy (non-hydrogen) atoms. The molecule has 1 heterocycles. The summed E-state index contributed by atoms with van der Waals surface area (Å²) in [6.07, 6.45) is 2.07. The van der Waals surface area contributed by atoms with E-state index in [2.05, 4.69) is 48.4 Å².